The fourth-order valence-corrected chi connectivity index (χ4v) is 3.41. The summed E-state index contributed by atoms with van der Waals surface area (Å²) in [7, 11) is -3.57. The van der Waals surface area contributed by atoms with Crippen LogP contribution in [-0.2, 0) is 14.8 Å². The van der Waals surface area contributed by atoms with Gasteiger partial charge in [-0.25, -0.2) is 8.42 Å². The molecule has 0 heterocycles. The van der Waals surface area contributed by atoms with E-state index in [0.29, 0.717) is 18.2 Å². The Hall–Kier alpha value is -1.56. The number of sulfonamides is 1. The summed E-state index contributed by atoms with van der Waals surface area (Å²) in [5.41, 5.74) is 2.32. The number of hydrogen-bond donors (Lipinski definition) is 1. The Bertz CT molecular complexity index is 639. The van der Waals surface area contributed by atoms with E-state index in [2.05, 4.69) is 5.32 Å². The van der Waals surface area contributed by atoms with Crippen LogP contribution in [0.5, 0.6) is 0 Å². The summed E-state index contributed by atoms with van der Waals surface area (Å²) < 4.78 is 25.7. The maximum atomic E-state index is 12.3. The van der Waals surface area contributed by atoms with Gasteiger partial charge in [0, 0.05) is 6.54 Å². The SMILES string of the molecule is Cc1ccc(C)c(N(C(C)C(=O)NCC(C)C)S(C)(=O)=O)c1. The van der Waals surface area contributed by atoms with Crippen LogP contribution in [-0.4, -0.2) is 33.2 Å². The molecule has 1 unspecified atom stereocenters. The molecule has 124 valence electrons. The minimum absolute atomic E-state index is 0.292. The summed E-state index contributed by atoms with van der Waals surface area (Å²) >= 11 is 0. The van der Waals surface area contributed by atoms with Gasteiger partial charge in [0.25, 0.3) is 0 Å². The first-order chi connectivity index (χ1) is 10.0. The molecular formula is C16H26N2O3S. The average molecular weight is 326 g/mol. The summed E-state index contributed by atoms with van der Waals surface area (Å²) in [6.45, 7) is 9.85. The molecule has 1 aromatic carbocycles. The number of rotatable bonds is 6. The molecule has 1 amide bonds. The number of hydrogen-bond acceptors (Lipinski definition) is 3. The van der Waals surface area contributed by atoms with Crippen molar-refractivity contribution in [3.05, 3.63) is 29.3 Å². The third kappa shape index (κ3) is 4.73. The highest BCUT2D eigenvalue weighted by atomic mass is 32.2. The normalized spacial score (nSPS) is 13.0. The molecule has 0 aliphatic carbocycles. The molecule has 5 nitrogen and oxygen atoms in total. The summed E-state index contributed by atoms with van der Waals surface area (Å²) in [4.78, 5) is 12.3. The van der Waals surface area contributed by atoms with Crippen LogP contribution >= 0.6 is 0 Å². The number of nitrogens with zero attached hydrogens (tertiary/aromatic N) is 1. The van der Waals surface area contributed by atoms with Crippen LogP contribution in [0.3, 0.4) is 0 Å². The smallest absolute Gasteiger partial charge is 0.243 e. The van der Waals surface area contributed by atoms with Gasteiger partial charge in [0.15, 0.2) is 0 Å². The molecule has 0 aliphatic heterocycles. The number of amides is 1. The highest BCUT2D eigenvalue weighted by Crippen LogP contribution is 2.26. The Kier molecular flexibility index (Phi) is 6.00. The number of benzene rings is 1. The van der Waals surface area contributed by atoms with Gasteiger partial charge in [0.2, 0.25) is 15.9 Å². The highest BCUT2D eigenvalue weighted by molar-refractivity contribution is 7.92. The monoisotopic (exact) mass is 326 g/mol. The fourth-order valence-electron chi connectivity index (χ4n) is 2.19. The molecular weight excluding hydrogens is 300 g/mol. The molecule has 6 heteroatoms. The van der Waals surface area contributed by atoms with E-state index in [1.54, 1.807) is 13.0 Å². The van der Waals surface area contributed by atoms with Crippen molar-refractivity contribution in [3.8, 4) is 0 Å². The summed E-state index contributed by atoms with van der Waals surface area (Å²) in [6.07, 6.45) is 1.13. The molecule has 0 aliphatic rings. The van der Waals surface area contributed by atoms with Crippen LogP contribution in [0.15, 0.2) is 18.2 Å². The number of nitrogens with one attached hydrogen (secondary N) is 1. The lowest BCUT2D eigenvalue weighted by atomic mass is 10.1. The third-order valence-electron chi connectivity index (χ3n) is 3.38. The number of aryl methyl sites for hydroxylation is 2. The Balaban J connectivity index is 3.19. The Morgan fingerprint density at radius 1 is 1.23 bits per heavy atom. The maximum Gasteiger partial charge on any atom is 0.243 e. The lowest BCUT2D eigenvalue weighted by molar-refractivity contribution is -0.121. The van der Waals surface area contributed by atoms with Gasteiger partial charge >= 0.3 is 0 Å². The van der Waals surface area contributed by atoms with Crippen molar-refractivity contribution in [1.82, 2.24) is 5.32 Å². The molecule has 1 rings (SSSR count). The van der Waals surface area contributed by atoms with E-state index in [9.17, 15) is 13.2 Å². The summed E-state index contributed by atoms with van der Waals surface area (Å²) in [5.74, 6) is 0.0172. The zero-order valence-corrected chi connectivity index (χ0v) is 15.0. The average Bonchev–Trinajstić information content (AvgIpc) is 2.38. The summed E-state index contributed by atoms with van der Waals surface area (Å²) in [5, 5.41) is 2.79. The molecule has 0 aromatic heterocycles. The van der Waals surface area contributed by atoms with E-state index in [-0.39, 0.29) is 5.91 Å². The van der Waals surface area contributed by atoms with Crippen LogP contribution < -0.4 is 9.62 Å². The largest absolute Gasteiger partial charge is 0.354 e. The minimum Gasteiger partial charge on any atom is -0.354 e. The second-order valence-electron chi connectivity index (χ2n) is 6.16. The van der Waals surface area contributed by atoms with E-state index < -0.39 is 16.1 Å². The van der Waals surface area contributed by atoms with Crippen molar-refractivity contribution < 1.29 is 13.2 Å². The van der Waals surface area contributed by atoms with Gasteiger partial charge in [-0.05, 0) is 43.9 Å². The molecule has 1 atom stereocenters. The van der Waals surface area contributed by atoms with Crippen molar-refractivity contribution in [3.63, 3.8) is 0 Å². The van der Waals surface area contributed by atoms with Crippen molar-refractivity contribution in [2.75, 3.05) is 17.1 Å². The second-order valence-corrected chi connectivity index (χ2v) is 8.02. The molecule has 0 saturated carbocycles. The molecule has 22 heavy (non-hydrogen) atoms. The first kappa shape index (κ1) is 18.5. The zero-order valence-electron chi connectivity index (χ0n) is 14.2. The van der Waals surface area contributed by atoms with E-state index in [4.69, 9.17) is 0 Å². The van der Waals surface area contributed by atoms with Crippen LogP contribution in [0.4, 0.5) is 5.69 Å². The Morgan fingerprint density at radius 3 is 2.32 bits per heavy atom. The van der Waals surface area contributed by atoms with Crippen LogP contribution in [0.25, 0.3) is 0 Å². The molecule has 0 radical (unpaired) electrons. The maximum absolute atomic E-state index is 12.3. The van der Waals surface area contributed by atoms with Gasteiger partial charge < -0.3 is 5.32 Å². The van der Waals surface area contributed by atoms with Gasteiger partial charge in [-0.3, -0.25) is 9.10 Å². The predicted molar refractivity (Wildman–Crippen MR) is 90.5 cm³/mol. The van der Waals surface area contributed by atoms with Gasteiger partial charge in [-0.1, -0.05) is 26.0 Å². The molecule has 0 saturated heterocycles. The lowest BCUT2D eigenvalue weighted by Crippen LogP contribution is -2.48. The predicted octanol–water partition coefficient (Wildman–Crippen LogP) is 2.23. The minimum atomic E-state index is -3.57. The Labute approximate surface area is 133 Å². The molecule has 0 spiro atoms. The van der Waals surface area contributed by atoms with Gasteiger partial charge in [0.05, 0.1) is 11.9 Å². The number of carbonyl (C=O) groups is 1. The first-order valence-corrected chi connectivity index (χ1v) is 9.23. The van der Waals surface area contributed by atoms with Gasteiger partial charge in [0.1, 0.15) is 6.04 Å². The summed E-state index contributed by atoms with van der Waals surface area (Å²) in [6, 6.07) is 4.78. The van der Waals surface area contributed by atoms with Gasteiger partial charge in [-0.15, -0.1) is 0 Å². The Morgan fingerprint density at radius 2 is 1.82 bits per heavy atom. The second kappa shape index (κ2) is 7.13. The van der Waals surface area contributed by atoms with E-state index in [1.807, 2.05) is 39.8 Å². The van der Waals surface area contributed by atoms with Crippen molar-refractivity contribution in [2.24, 2.45) is 5.92 Å². The van der Waals surface area contributed by atoms with Gasteiger partial charge in [-0.2, -0.15) is 0 Å². The quantitative estimate of drug-likeness (QED) is 0.872. The lowest BCUT2D eigenvalue weighted by Gasteiger charge is -2.30. The number of anilines is 1. The van der Waals surface area contributed by atoms with Crippen LogP contribution in [0, 0.1) is 19.8 Å². The zero-order chi connectivity index (χ0) is 17.1. The van der Waals surface area contributed by atoms with Crippen molar-refractivity contribution in [2.45, 2.75) is 40.7 Å². The molecule has 1 aromatic rings. The van der Waals surface area contributed by atoms with E-state index >= 15 is 0 Å². The van der Waals surface area contributed by atoms with Crippen LogP contribution in [0.2, 0.25) is 0 Å². The van der Waals surface area contributed by atoms with E-state index in [0.717, 1.165) is 17.4 Å². The first-order valence-electron chi connectivity index (χ1n) is 7.38. The molecule has 1 N–H and O–H groups in total. The number of carbonyl (C=O) groups excluding carboxylic acids is 1. The third-order valence-corrected chi connectivity index (χ3v) is 4.60. The van der Waals surface area contributed by atoms with E-state index in [1.165, 1.54) is 4.31 Å². The highest BCUT2D eigenvalue weighted by Gasteiger charge is 2.30. The molecule has 0 fully saturated rings. The van der Waals surface area contributed by atoms with Crippen LogP contribution in [0.1, 0.15) is 31.9 Å². The van der Waals surface area contributed by atoms with Crippen molar-refractivity contribution in [1.29, 1.82) is 0 Å². The fraction of sp³-hybridized carbons (Fsp3) is 0.562. The van der Waals surface area contributed by atoms with Crippen molar-refractivity contribution >= 4 is 21.6 Å². The standard InChI is InChI=1S/C16H26N2O3S/c1-11(2)10-17-16(19)14(5)18(22(6,20)21)15-9-12(3)7-8-13(15)4/h7-9,11,14H,10H2,1-6H3,(H,17,19). The molecule has 0 bridgehead atoms. The topological polar surface area (TPSA) is 66.5 Å².